The van der Waals surface area contributed by atoms with Crippen molar-refractivity contribution < 1.29 is 0 Å². The predicted molar refractivity (Wildman–Crippen MR) is 127 cm³/mol. The number of hydrogen-bond acceptors (Lipinski definition) is 1. The van der Waals surface area contributed by atoms with Crippen LogP contribution >= 0.6 is 0 Å². The van der Waals surface area contributed by atoms with Crippen molar-refractivity contribution in [2.75, 3.05) is 5.32 Å². The summed E-state index contributed by atoms with van der Waals surface area (Å²) in [6.07, 6.45) is 11.3. The highest BCUT2D eigenvalue weighted by Crippen LogP contribution is 2.53. The fraction of sp³-hybridized carbons (Fsp3) is 0.643. The summed E-state index contributed by atoms with van der Waals surface area (Å²) >= 11 is 0. The van der Waals surface area contributed by atoms with Crippen LogP contribution in [0.15, 0.2) is 41.5 Å². The normalized spacial score (nSPS) is 28.5. The number of anilines is 1. The first-order valence-electron chi connectivity index (χ1n) is 11.7. The maximum absolute atomic E-state index is 3.87. The highest BCUT2D eigenvalue weighted by atomic mass is 14.9. The summed E-state index contributed by atoms with van der Waals surface area (Å²) in [5, 5.41) is 3.87. The second-order valence-electron chi connectivity index (χ2n) is 12.5. The molecule has 1 nitrogen and oxygen atoms in total. The van der Waals surface area contributed by atoms with Crippen LogP contribution in [0.2, 0.25) is 0 Å². The van der Waals surface area contributed by atoms with Gasteiger partial charge in [-0.25, -0.2) is 0 Å². The minimum atomic E-state index is 0.260. The number of fused-ring (bicyclic) bond motifs is 2. The molecule has 29 heavy (non-hydrogen) atoms. The Morgan fingerprint density at radius 1 is 0.690 bits per heavy atom. The van der Waals surface area contributed by atoms with Gasteiger partial charge in [-0.05, 0) is 88.2 Å². The van der Waals surface area contributed by atoms with Crippen LogP contribution in [0, 0.1) is 10.8 Å². The molecule has 158 valence electrons. The SMILES string of the molecule is CC1(C)CCC(C)(C)C2=CC(Nc3ccc4c(c3)C(C)(C)CCC4(C)C)CC=C21. The van der Waals surface area contributed by atoms with Crippen LogP contribution in [0.5, 0.6) is 0 Å². The Kier molecular flexibility index (Phi) is 4.65. The lowest BCUT2D eigenvalue weighted by atomic mass is 9.59. The summed E-state index contributed by atoms with van der Waals surface area (Å²) in [5.74, 6) is 0. The highest BCUT2D eigenvalue weighted by Gasteiger charge is 2.41. The van der Waals surface area contributed by atoms with E-state index in [1.54, 1.807) is 16.7 Å². The van der Waals surface area contributed by atoms with Gasteiger partial charge in [0.2, 0.25) is 0 Å². The fourth-order valence-electron chi connectivity index (χ4n) is 5.83. The number of rotatable bonds is 2. The van der Waals surface area contributed by atoms with Gasteiger partial charge in [0.05, 0.1) is 0 Å². The Bertz CT molecular complexity index is 876. The molecule has 1 unspecified atom stereocenters. The van der Waals surface area contributed by atoms with Gasteiger partial charge in [0.1, 0.15) is 0 Å². The second kappa shape index (κ2) is 6.50. The van der Waals surface area contributed by atoms with E-state index < -0.39 is 0 Å². The summed E-state index contributed by atoms with van der Waals surface area (Å²) in [6, 6.07) is 7.54. The molecule has 0 aromatic heterocycles. The third-order valence-electron chi connectivity index (χ3n) is 8.27. The fourth-order valence-corrected chi connectivity index (χ4v) is 5.83. The molecule has 0 spiro atoms. The molecule has 0 bridgehead atoms. The van der Waals surface area contributed by atoms with Gasteiger partial charge in [0.15, 0.2) is 0 Å². The molecule has 0 saturated heterocycles. The van der Waals surface area contributed by atoms with Crippen LogP contribution in [-0.4, -0.2) is 6.04 Å². The van der Waals surface area contributed by atoms with Crippen LogP contribution in [0.25, 0.3) is 0 Å². The molecular weight excluding hydrogens is 350 g/mol. The Hall–Kier alpha value is -1.50. The summed E-state index contributed by atoms with van der Waals surface area (Å²) < 4.78 is 0. The minimum absolute atomic E-state index is 0.260. The molecule has 4 rings (SSSR count). The first kappa shape index (κ1) is 20.8. The molecule has 1 heteroatoms. The lowest BCUT2D eigenvalue weighted by Crippen LogP contribution is -2.36. The van der Waals surface area contributed by atoms with Gasteiger partial charge in [0, 0.05) is 11.7 Å². The molecular formula is C28H41N. The number of hydrogen-bond donors (Lipinski definition) is 1. The van der Waals surface area contributed by atoms with Gasteiger partial charge >= 0.3 is 0 Å². The zero-order chi connectivity index (χ0) is 21.2. The zero-order valence-corrected chi connectivity index (χ0v) is 20.0. The van der Waals surface area contributed by atoms with Gasteiger partial charge in [-0.1, -0.05) is 73.6 Å². The molecule has 3 aliphatic carbocycles. The lowest BCUT2D eigenvalue weighted by molar-refractivity contribution is 0.256. The molecule has 1 aromatic carbocycles. The van der Waals surface area contributed by atoms with Crippen molar-refractivity contribution in [3.05, 3.63) is 52.6 Å². The number of nitrogens with one attached hydrogen (secondary N) is 1. The smallest absolute Gasteiger partial charge is 0.0485 e. The van der Waals surface area contributed by atoms with Gasteiger partial charge in [-0.15, -0.1) is 0 Å². The van der Waals surface area contributed by atoms with Crippen LogP contribution in [0.3, 0.4) is 0 Å². The highest BCUT2D eigenvalue weighted by molar-refractivity contribution is 5.56. The van der Waals surface area contributed by atoms with E-state index in [0.717, 1.165) is 6.42 Å². The van der Waals surface area contributed by atoms with E-state index in [1.807, 2.05) is 0 Å². The average molecular weight is 392 g/mol. The summed E-state index contributed by atoms with van der Waals surface area (Å²) in [7, 11) is 0. The molecule has 1 aromatic rings. The van der Waals surface area contributed by atoms with Crippen molar-refractivity contribution in [1.82, 2.24) is 0 Å². The van der Waals surface area contributed by atoms with Crippen LogP contribution < -0.4 is 5.32 Å². The van der Waals surface area contributed by atoms with E-state index in [0.29, 0.717) is 11.5 Å². The monoisotopic (exact) mass is 391 g/mol. The second-order valence-corrected chi connectivity index (χ2v) is 12.5. The minimum Gasteiger partial charge on any atom is -0.379 e. The van der Waals surface area contributed by atoms with Crippen LogP contribution in [0.1, 0.15) is 98.6 Å². The third kappa shape index (κ3) is 3.60. The number of benzene rings is 1. The van der Waals surface area contributed by atoms with E-state index >= 15 is 0 Å². The molecule has 0 aliphatic heterocycles. The van der Waals surface area contributed by atoms with Gasteiger partial charge in [0.25, 0.3) is 0 Å². The number of allylic oxidation sites excluding steroid dienone is 2. The summed E-state index contributed by atoms with van der Waals surface area (Å²) in [6.45, 7) is 19.3. The zero-order valence-electron chi connectivity index (χ0n) is 20.0. The van der Waals surface area contributed by atoms with Crippen LogP contribution in [-0.2, 0) is 10.8 Å². The maximum Gasteiger partial charge on any atom is 0.0485 e. The topological polar surface area (TPSA) is 12.0 Å². The first-order chi connectivity index (χ1) is 13.3. The van der Waals surface area contributed by atoms with E-state index in [9.17, 15) is 0 Å². The van der Waals surface area contributed by atoms with Crippen molar-refractivity contribution in [3.63, 3.8) is 0 Å². The molecule has 0 radical (unpaired) electrons. The molecule has 1 N–H and O–H groups in total. The van der Waals surface area contributed by atoms with Crippen molar-refractivity contribution in [3.8, 4) is 0 Å². The van der Waals surface area contributed by atoms with Crippen LogP contribution in [0.4, 0.5) is 5.69 Å². The summed E-state index contributed by atoms with van der Waals surface area (Å²) in [5.41, 5.74) is 8.67. The molecule has 1 atom stereocenters. The van der Waals surface area contributed by atoms with E-state index in [4.69, 9.17) is 0 Å². The van der Waals surface area contributed by atoms with Gasteiger partial charge in [-0.2, -0.15) is 0 Å². The molecule has 3 aliphatic rings. The quantitative estimate of drug-likeness (QED) is 0.540. The molecule has 0 amide bonds. The molecule has 1 fully saturated rings. The van der Waals surface area contributed by atoms with Crippen molar-refractivity contribution in [2.45, 2.75) is 104 Å². The van der Waals surface area contributed by atoms with Crippen molar-refractivity contribution >= 4 is 5.69 Å². The Labute approximate surface area is 179 Å². The summed E-state index contributed by atoms with van der Waals surface area (Å²) in [4.78, 5) is 0. The lowest BCUT2D eigenvalue weighted by Gasteiger charge is -2.46. The average Bonchev–Trinajstić information content (AvgIpc) is 2.63. The van der Waals surface area contributed by atoms with E-state index in [2.05, 4.69) is 91.1 Å². The van der Waals surface area contributed by atoms with Gasteiger partial charge < -0.3 is 5.32 Å². The van der Waals surface area contributed by atoms with E-state index in [-0.39, 0.29) is 16.2 Å². The van der Waals surface area contributed by atoms with E-state index in [1.165, 1.54) is 36.9 Å². The first-order valence-corrected chi connectivity index (χ1v) is 11.7. The predicted octanol–water partition coefficient (Wildman–Crippen LogP) is 7.92. The third-order valence-corrected chi connectivity index (χ3v) is 8.27. The Balaban J connectivity index is 1.63. The van der Waals surface area contributed by atoms with Gasteiger partial charge in [-0.3, -0.25) is 0 Å². The van der Waals surface area contributed by atoms with Crippen molar-refractivity contribution in [2.24, 2.45) is 10.8 Å². The Morgan fingerprint density at radius 2 is 1.24 bits per heavy atom. The maximum atomic E-state index is 3.87. The molecule has 1 saturated carbocycles. The Morgan fingerprint density at radius 3 is 1.90 bits per heavy atom. The standard InChI is InChI=1S/C28H41N/c1-25(2)13-15-27(5,6)23-17-19(9-11-21(23)25)29-20-10-12-22-24(18-20)28(7,8)16-14-26(22,3)4/h9,11-12,17-18,20,29H,10,13-16H2,1-8H3. The largest absolute Gasteiger partial charge is 0.379 e. The van der Waals surface area contributed by atoms with Crippen molar-refractivity contribution in [1.29, 1.82) is 0 Å². The molecule has 0 heterocycles.